The molecule has 1 saturated carbocycles. The number of aryl methyl sites for hydroxylation is 1. The van der Waals surface area contributed by atoms with Gasteiger partial charge in [0.2, 0.25) is 0 Å². The Hall–Kier alpha value is -1.39. The van der Waals surface area contributed by atoms with Gasteiger partial charge in [0.05, 0.1) is 0 Å². The highest BCUT2D eigenvalue weighted by Gasteiger charge is 2.25. The van der Waals surface area contributed by atoms with E-state index >= 15 is 0 Å². The van der Waals surface area contributed by atoms with E-state index in [2.05, 4.69) is 13.8 Å². The summed E-state index contributed by atoms with van der Waals surface area (Å²) in [7, 11) is 0. The molecule has 1 atom stereocenters. The van der Waals surface area contributed by atoms with Crippen molar-refractivity contribution in [3.8, 4) is 0 Å². The smallest absolute Gasteiger partial charge is 0.206 e. The molecule has 0 bridgehead atoms. The molecule has 152 valence electrons. The van der Waals surface area contributed by atoms with Gasteiger partial charge < -0.3 is 0 Å². The lowest BCUT2D eigenvalue weighted by molar-refractivity contribution is -0.0790. The molecule has 1 aliphatic carbocycles. The Labute approximate surface area is 158 Å². The highest BCUT2D eigenvalue weighted by molar-refractivity contribution is 5.52. The van der Waals surface area contributed by atoms with Gasteiger partial charge in [-0.25, -0.2) is 8.78 Å². The molecule has 1 unspecified atom stereocenters. The topological polar surface area (TPSA) is 0 Å². The van der Waals surface area contributed by atoms with E-state index in [4.69, 9.17) is 0 Å². The predicted octanol–water partition coefficient (Wildman–Crippen LogP) is 7.72. The Balaban J connectivity index is 1.89. The summed E-state index contributed by atoms with van der Waals surface area (Å²) in [6.07, 6.45) is 4.35. The molecular formula is C22H29F5. The molecule has 0 N–H and O–H groups in total. The van der Waals surface area contributed by atoms with Gasteiger partial charge in [0.1, 0.15) is 11.6 Å². The first-order valence-electron chi connectivity index (χ1n) is 9.93. The van der Waals surface area contributed by atoms with Crippen LogP contribution in [-0.4, -0.2) is 6.18 Å². The summed E-state index contributed by atoms with van der Waals surface area (Å²) in [4.78, 5) is 0. The van der Waals surface area contributed by atoms with Crippen LogP contribution in [0.2, 0.25) is 0 Å². The minimum absolute atomic E-state index is 0.147. The minimum atomic E-state index is -4.59. The average Bonchev–Trinajstić information content (AvgIpc) is 2.59. The summed E-state index contributed by atoms with van der Waals surface area (Å²) < 4.78 is 64.6. The zero-order chi connectivity index (χ0) is 20.0. The Morgan fingerprint density at radius 3 is 2.19 bits per heavy atom. The zero-order valence-corrected chi connectivity index (χ0v) is 16.1. The van der Waals surface area contributed by atoms with Crippen molar-refractivity contribution in [3.05, 3.63) is 41.0 Å². The van der Waals surface area contributed by atoms with Crippen molar-refractivity contribution in [2.24, 2.45) is 17.8 Å². The van der Waals surface area contributed by atoms with Crippen molar-refractivity contribution < 1.29 is 22.0 Å². The largest absolute Gasteiger partial charge is 0.409 e. The third-order valence-corrected chi connectivity index (χ3v) is 5.86. The molecule has 0 saturated heterocycles. The van der Waals surface area contributed by atoms with Crippen LogP contribution in [-0.2, 0) is 6.42 Å². The van der Waals surface area contributed by atoms with Gasteiger partial charge in [-0.1, -0.05) is 39.5 Å². The van der Waals surface area contributed by atoms with Crippen LogP contribution >= 0.6 is 0 Å². The van der Waals surface area contributed by atoms with Crippen LogP contribution in [0.5, 0.6) is 0 Å². The Morgan fingerprint density at radius 1 is 1.07 bits per heavy atom. The molecule has 1 aliphatic rings. The number of alkyl halides is 3. The van der Waals surface area contributed by atoms with Gasteiger partial charge in [-0.3, -0.25) is 0 Å². The quantitative estimate of drug-likeness (QED) is 0.420. The summed E-state index contributed by atoms with van der Waals surface area (Å²) >= 11 is 0. The van der Waals surface area contributed by atoms with Gasteiger partial charge in [-0.05, 0) is 67.2 Å². The van der Waals surface area contributed by atoms with Crippen LogP contribution in [0.4, 0.5) is 22.0 Å². The second-order valence-corrected chi connectivity index (χ2v) is 7.93. The molecule has 0 amide bonds. The highest BCUT2D eigenvalue weighted by Crippen LogP contribution is 2.37. The zero-order valence-electron chi connectivity index (χ0n) is 16.1. The number of hydrogen-bond donors (Lipinski definition) is 0. The summed E-state index contributed by atoms with van der Waals surface area (Å²) in [6, 6.07) is 2.32. The van der Waals surface area contributed by atoms with Gasteiger partial charge in [0.25, 0.3) is 0 Å². The van der Waals surface area contributed by atoms with Gasteiger partial charge in [-0.2, -0.15) is 13.2 Å². The second kappa shape index (κ2) is 9.70. The monoisotopic (exact) mass is 388 g/mol. The molecule has 0 spiro atoms. The SMILES string of the molecule is CCCC(C)C1CCC(CCc2cc(F)c(/C=C/C(F)(F)F)c(F)c2)CC1. The van der Waals surface area contributed by atoms with E-state index in [1.54, 1.807) is 0 Å². The summed E-state index contributed by atoms with van der Waals surface area (Å²) in [5.74, 6) is 0.225. The molecule has 5 heteroatoms. The number of benzene rings is 1. The molecule has 0 heterocycles. The lowest BCUT2D eigenvalue weighted by atomic mass is 9.74. The van der Waals surface area contributed by atoms with E-state index in [0.29, 0.717) is 24.0 Å². The van der Waals surface area contributed by atoms with Crippen molar-refractivity contribution in [1.82, 2.24) is 0 Å². The second-order valence-electron chi connectivity index (χ2n) is 7.93. The van der Waals surface area contributed by atoms with Gasteiger partial charge in [0, 0.05) is 11.6 Å². The van der Waals surface area contributed by atoms with Gasteiger partial charge in [0.15, 0.2) is 0 Å². The predicted molar refractivity (Wildman–Crippen MR) is 99.3 cm³/mol. The van der Waals surface area contributed by atoms with E-state index in [1.165, 1.54) is 25.7 Å². The average molecular weight is 388 g/mol. The van der Waals surface area contributed by atoms with E-state index in [0.717, 1.165) is 43.2 Å². The van der Waals surface area contributed by atoms with E-state index in [-0.39, 0.29) is 6.08 Å². The van der Waals surface area contributed by atoms with E-state index in [9.17, 15) is 22.0 Å². The Bertz CT molecular complexity index is 601. The third kappa shape index (κ3) is 6.93. The first-order chi connectivity index (χ1) is 12.7. The molecule has 0 aromatic heterocycles. The lowest BCUT2D eigenvalue weighted by Crippen LogP contribution is -2.20. The standard InChI is InChI=1S/C22H29F5/c1-3-4-15(2)18-9-7-16(8-10-18)5-6-17-13-20(23)19(21(24)14-17)11-12-22(25,26)27/h11-16,18H,3-10H2,1-2H3/b12-11+. The third-order valence-electron chi connectivity index (χ3n) is 5.86. The van der Waals surface area contributed by atoms with Crippen LogP contribution in [0.15, 0.2) is 18.2 Å². The van der Waals surface area contributed by atoms with Crippen LogP contribution in [0.25, 0.3) is 6.08 Å². The molecule has 2 rings (SSSR count). The molecule has 27 heavy (non-hydrogen) atoms. The summed E-state index contributed by atoms with van der Waals surface area (Å²) in [5.41, 5.74) is -0.128. The fourth-order valence-electron chi connectivity index (χ4n) is 4.23. The molecule has 0 nitrogen and oxygen atoms in total. The van der Waals surface area contributed by atoms with E-state index < -0.39 is 23.4 Å². The van der Waals surface area contributed by atoms with Crippen LogP contribution in [0.1, 0.15) is 69.9 Å². The number of rotatable bonds is 7. The number of hydrogen-bond acceptors (Lipinski definition) is 0. The minimum Gasteiger partial charge on any atom is -0.206 e. The van der Waals surface area contributed by atoms with Crippen LogP contribution in [0.3, 0.4) is 0 Å². The Kier molecular flexibility index (Phi) is 7.87. The first-order valence-corrected chi connectivity index (χ1v) is 9.93. The Morgan fingerprint density at radius 2 is 1.67 bits per heavy atom. The van der Waals surface area contributed by atoms with Gasteiger partial charge >= 0.3 is 6.18 Å². The van der Waals surface area contributed by atoms with Gasteiger partial charge in [-0.15, -0.1) is 0 Å². The highest BCUT2D eigenvalue weighted by atomic mass is 19.4. The lowest BCUT2D eigenvalue weighted by Gasteiger charge is -2.32. The number of halogens is 5. The normalized spacial score (nSPS) is 22.3. The maximum Gasteiger partial charge on any atom is 0.409 e. The van der Waals surface area contributed by atoms with Crippen molar-refractivity contribution in [2.75, 3.05) is 0 Å². The summed E-state index contributed by atoms with van der Waals surface area (Å²) in [6.45, 7) is 4.54. The van der Waals surface area contributed by atoms with Crippen molar-refractivity contribution in [1.29, 1.82) is 0 Å². The molecule has 0 radical (unpaired) electrons. The van der Waals surface area contributed by atoms with Crippen LogP contribution < -0.4 is 0 Å². The maximum absolute atomic E-state index is 14.0. The first kappa shape index (κ1) is 21.9. The summed E-state index contributed by atoms with van der Waals surface area (Å²) in [5, 5.41) is 0. The van der Waals surface area contributed by atoms with Crippen molar-refractivity contribution in [3.63, 3.8) is 0 Å². The molecule has 1 aromatic rings. The molecule has 1 fully saturated rings. The molecule has 1 aromatic carbocycles. The van der Waals surface area contributed by atoms with Crippen molar-refractivity contribution in [2.45, 2.75) is 71.4 Å². The fourth-order valence-corrected chi connectivity index (χ4v) is 4.23. The number of allylic oxidation sites excluding steroid dienone is 1. The fraction of sp³-hybridized carbons (Fsp3) is 0.636. The molecule has 0 aliphatic heterocycles. The van der Waals surface area contributed by atoms with Crippen LogP contribution in [0, 0.1) is 29.4 Å². The van der Waals surface area contributed by atoms with E-state index in [1.807, 2.05) is 0 Å². The maximum atomic E-state index is 14.0. The molecular weight excluding hydrogens is 359 g/mol. The van der Waals surface area contributed by atoms with Crippen molar-refractivity contribution >= 4 is 6.08 Å².